The predicted octanol–water partition coefficient (Wildman–Crippen LogP) is 0.286. The minimum absolute atomic E-state index is 0.146. The summed E-state index contributed by atoms with van der Waals surface area (Å²) in [6.45, 7) is 1.95. The second-order valence-electron chi connectivity index (χ2n) is 2.66. The molecule has 0 aliphatic carbocycles. The molecule has 0 aromatic carbocycles. The standard InChI is InChI=1S/C7H12N4OS/c1-5(3-13-2)10-7(12)6-8-4-9-11-6/h4-5H,3H2,1-2H3,(H,10,12)(H,8,9,11). The molecule has 0 aliphatic rings. The van der Waals surface area contributed by atoms with E-state index in [2.05, 4.69) is 20.5 Å². The quantitative estimate of drug-likeness (QED) is 0.732. The SMILES string of the molecule is CSCC(C)NC(=O)c1ncn[nH]1. The third kappa shape index (κ3) is 3.06. The van der Waals surface area contributed by atoms with E-state index in [0.29, 0.717) is 0 Å². The van der Waals surface area contributed by atoms with Crippen molar-refractivity contribution in [3.8, 4) is 0 Å². The zero-order chi connectivity index (χ0) is 9.68. The van der Waals surface area contributed by atoms with Crippen LogP contribution in [0.25, 0.3) is 0 Å². The largest absolute Gasteiger partial charge is 0.346 e. The van der Waals surface area contributed by atoms with Gasteiger partial charge in [0.1, 0.15) is 6.33 Å². The molecule has 0 saturated heterocycles. The van der Waals surface area contributed by atoms with Crippen molar-refractivity contribution in [3.05, 3.63) is 12.2 Å². The molecule has 0 spiro atoms. The number of aromatic amines is 1. The van der Waals surface area contributed by atoms with Gasteiger partial charge in [-0.05, 0) is 13.2 Å². The van der Waals surface area contributed by atoms with E-state index in [1.165, 1.54) is 6.33 Å². The molecule has 1 heterocycles. The first-order valence-corrected chi connectivity index (χ1v) is 5.28. The van der Waals surface area contributed by atoms with Crippen molar-refractivity contribution in [2.24, 2.45) is 0 Å². The maximum atomic E-state index is 11.3. The molecular formula is C7H12N4OS. The van der Waals surface area contributed by atoms with Gasteiger partial charge in [0.25, 0.3) is 5.91 Å². The van der Waals surface area contributed by atoms with E-state index in [0.717, 1.165) is 5.75 Å². The molecule has 1 aromatic heterocycles. The highest BCUT2D eigenvalue weighted by Gasteiger charge is 2.10. The lowest BCUT2D eigenvalue weighted by atomic mass is 10.4. The number of aromatic nitrogens is 3. The van der Waals surface area contributed by atoms with Crippen LogP contribution in [0.1, 0.15) is 17.5 Å². The van der Waals surface area contributed by atoms with E-state index in [4.69, 9.17) is 0 Å². The van der Waals surface area contributed by atoms with Crippen LogP contribution in [0.5, 0.6) is 0 Å². The lowest BCUT2D eigenvalue weighted by Crippen LogP contribution is -2.34. The smallest absolute Gasteiger partial charge is 0.288 e. The summed E-state index contributed by atoms with van der Waals surface area (Å²) in [5, 5.41) is 8.89. The highest BCUT2D eigenvalue weighted by atomic mass is 32.2. The van der Waals surface area contributed by atoms with Crippen LogP contribution in [0.3, 0.4) is 0 Å². The lowest BCUT2D eigenvalue weighted by molar-refractivity contribution is 0.0933. The van der Waals surface area contributed by atoms with Gasteiger partial charge in [-0.15, -0.1) is 0 Å². The summed E-state index contributed by atoms with van der Waals surface area (Å²) >= 11 is 1.69. The Kier molecular flexibility index (Phi) is 3.75. The summed E-state index contributed by atoms with van der Waals surface area (Å²) in [7, 11) is 0. The molecule has 0 fully saturated rings. The van der Waals surface area contributed by atoms with Gasteiger partial charge in [-0.25, -0.2) is 4.98 Å². The number of amides is 1. The number of carbonyl (C=O) groups excluding carboxylic acids is 1. The Bertz CT molecular complexity index is 261. The molecular weight excluding hydrogens is 188 g/mol. The Morgan fingerprint density at radius 3 is 3.15 bits per heavy atom. The van der Waals surface area contributed by atoms with Crippen LogP contribution in [-0.4, -0.2) is 39.1 Å². The molecule has 1 aromatic rings. The molecule has 1 atom stereocenters. The second kappa shape index (κ2) is 4.86. The zero-order valence-corrected chi connectivity index (χ0v) is 8.39. The summed E-state index contributed by atoms with van der Waals surface area (Å²) in [4.78, 5) is 15.1. The third-order valence-corrected chi connectivity index (χ3v) is 2.26. The number of hydrogen-bond donors (Lipinski definition) is 2. The maximum absolute atomic E-state index is 11.3. The molecule has 0 aliphatic heterocycles. The Hall–Kier alpha value is -1.04. The fourth-order valence-electron chi connectivity index (χ4n) is 0.899. The number of carbonyl (C=O) groups is 1. The summed E-state index contributed by atoms with van der Waals surface area (Å²) in [5.74, 6) is 0.937. The van der Waals surface area contributed by atoms with E-state index < -0.39 is 0 Å². The minimum atomic E-state index is -0.209. The van der Waals surface area contributed by atoms with Crippen molar-refractivity contribution in [2.75, 3.05) is 12.0 Å². The molecule has 13 heavy (non-hydrogen) atoms. The number of nitrogens with zero attached hydrogens (tertiary/aromatic N) is 2. The van der Waals surface area contributed by atoms with Crippen LogP contribution >= 0.6 is 11.8 Å². The molecule has 6 heteroatoms. The van der Waals surface area contributed by atoms with Gasteiger partial charge in [-0.3, -0.25) is 9.89 Å². The minimum Gasteiger partial charge on any atom is -0.346 e. The van der Waals surface area contributed by atoms with Gasteiger partial charge in [0.05, 0.1) is 0 Å². The third-order valence-electron chi connectivity index (χ3n) is 1.42. The van der Waals surface area contributed by atoms with Crippen LogP contribution in [0.15, 0.2) is 6.33 Å². The predicted molar refractivity (Wildman–Crippen MR) is 51.7 cm³/mol. The van der Waals surface area contributed by atoms with Gasteiger partial charge in [0.15, 0.2) is 0 Å². The van der Waals surface area contributed by atoms with E-state index in [1.807, 2.05) is 13.2 Å². The molecule has 0 saturated carbocycles. The van der Waals surface area contributed by atoms with Crippen molar-refractivity contribution in [1.29, 1.82) is 0 Å². The van der Waals surface area contributed by atoms with Crippen LogP contribution in [0, 0.1) is 0 Å². The number of nitrogens with one attached hydrogen (secondary N) is 2. The zero-order valence-electron chi connectivity index (χ0n) is 7.57. The lowest BCUT2D eigenvalue weighted by Gasteiger charge is -2.10. The molecule has 1 rings (SSSR count). The van der Waals surface area contributed by atoms with Crippen LogP contribution in [0.4, 0.5) is 0 Å². The van der Waals surface area contributed by atoms with Crippen molar-refractivity contribution < 1.29 is 4.79 Å². The van der Waals surface area contributed by atoms with E-state index in [1.54, 1.807) is 11.8 Å². The Morgan fingerprint density at radius 2 is 2.62 bits per heavy atom. The number of thioether (sulfide) groups is 1. The first kappa shape index (κ1) is 10.0. The highest BCUT2D eigenvalue weighted by molar-refractivity contribution is 7.98. The van der Waals surface area contributed by atoms with E-state index in [9.17, 15) is 4.79 Å². The topological polar surface area (TPSA) is 70.7 Å². The van der Waals surface area contributed by atoms with Crippen molar-refractivity contribution in [3.63, 3.8) is 0 Å². The van der Waals surface area contributed by atoms with E-state index in [-0.39, 0.29) is 17.8 Å². The normalized spacial score (nSPS) is 12.5. The Balaban J connectivity index is 2.42. The second-order valence-corrected chi connectivity index (χ2v) is 3.57. The molecule has 0 bridgehead atoms. The average Bonchev–Trinajstić information content (AvgIpc) is 2.55. The number of rotatable bonds is 4. The summed E-state index contributed by atoms with van der Waals surface area (Å²) in [6, 6.07) is 0.146. The molecule has 0 radical (unpaired) electrons. The molecule has 1 amide bonds. The maximum Gasteiger partial charge on any atom is 0.288 e. The van der Waals surface area contributed by atoms with Gasteiger partial charge in [0.2, 0.25) is 5.82 Å². The molecule has 72 valence electrons. The fraction of sp³-hybridized carbons (Fsp3) is 0.571. The first-order chi connectivity index (χ1) is 6.24. The van der Waals surface area contributed by atoms with Gasteiger partial charge in [-0.1, -0.05) is 0 Å². The van der Waals surface area contributed by atoms with Gasteiger partial charge in [-0.2, -0.15) is 16.9 Å². The molecule has 1 unspecified atom stereocenters. The summed E-state index contributed by atoms with van der Waals surface area (Å²) < 4.78 is 0. The van der Waals surface area contributed by atoms with Crippen molar-refractivity contribution in [1.82, 2.24) is 20.5 Å². The molecule has 5 nitrogen and oxygen atoms in total. The van der Waals surface area contributed by atoms with Gasteiger partial charge in [0, 0.05) is 11.8 Å². The number of H-pyrrole nitrogens is 1. The highest BCUT2D eigenvalue weighted by Crippen LogP contribution is 1.97. The summed E-state index contributed by atoms with van der Waals surface area (Å²) in [6.07, 6.45) is 3.31. The Labute approximate surface area is 80.7 Å². The van der Waals surface area contributed by atoms with Crippen LogP contribution in [-0.2, 0) is 0 Å². The monoisotopic (exact) mass is 200 g/mol. The van der Waals surface area contributed by atoms with Gasteiger partial charge < -0.3 is 5.32 Å². The fourth-order valence-corrected chi connectivity index (χ4v) is 1.48. The molecule has 2 N–H and O–H groups in total. The summed E-state index contributed by atoms with van der Waals surface area (Å²) in [5.41, 5.74) is 0. The Morgan fingerprint density at radius 1 is 1.85 bits per heavy atom. The van der Waals surface area contributed by atoms with E-state index >= 15 is 0 Å². The van der Waals surface area contributed by atoms with Crippen molar-refractivity contribution >= 4 is 17.7 Å². The average molecular weight is 200 g/mol. The van der Waals surface area contributed by atoms with Crippen molar-refractivity contribution in [2.45, 2.75) is 13.0 Å². The van der Waals surface area contributed by atoms with Gasteiger partial charge >= 0.3 is 0 Å². The number of hydrogen-bond acceptors (Lipinski definition) is 4. The first-order valence-electron chi connectivity index (χ1n) is 3.89. The van der Waals surface area contributed by atoms with Crippen LogP contribution < -0.4 is 5.32 Å². The van der Waals surface area contributed by atoms with Crippen LogP contribution in [0.2, 0.25) is 0 Å².